The Labute approximate surface area is 245 Å². The Morgan fingerprint density at radius 2 is 1.49 bits per heavy atom. The summed E-state index contributed by atoms with van der Waals surface area (Å²) in [6, 6.07) is 12.6. The summed E-state index contributed by atoms with van der Waals surface area (Å²) < 4.78 is 62.8. The van der Waals surface area contributed by atoms with Gasteiger partial charge in [0.15, 0.2) is 0 Å². The number of benzene rings is 2. The van der Waals surface area contributed by atoms with Gasteiger partial charge in [-0.3, -0.25) is 9.11 Å². The zero-order valence-electron chi connectivity index (χ0n) is 24.2. The maximum atomic E-state index is 11.2. The summed E-state index contributed by atoms with van der Waals surface area (Å²) in [5.74, 6) is -0.214. The SMILES string of the molecule is CC(C)C(C=CC=CC=CC=C1N(CCCCS(=O)(=O)O)c2ccc3ccccc3c2C1(C)C)CCS(=O)(=O)O.O. The van der Waals surface area contributed by atoms with Gasteiger partial charge in [-0.2, -0.15) is 16.8 Å². The minimum Gasteiger partial charge on any atom is -0.412 e. The second-order valence-corrected chi connectivity index (χ2v) is 14.3. The third-order valence-corrected chi connectivity index (χ3v) is 8.97. The van der Waals surface area contributed by atoms with Gasteiger partial charge < -0.3 is 10.4 Å². The summed E-state index contributed by atoms with van der Waals surface area (Å²) in [6.07, 6.45) is 15.0. The topological polar surface area (TPSA) is 143 Å². The molecular weight excluding hydrogens is 562 g/mol. The molecule has 0 fully saturated rings. The molecule has 8 nitrogen and oxygen atoms in total. The lowest BCUT2D eigenvalue weighted by atomic mass is 9.81. The maximum Gasteiger partial charge on any atom is 0.264 e. The van der Waals surface area contributed by atoms with Crippen molar-refractivity contribution >= 4 is 36.7 Å². The predicted octanol–water partition coefficient (Wildman–Crippen LogP) is 5.88. The average Bonchev–Trinajstić information content (AvgIpc) is 3.07. The Bertz CT molecular complexity index is 1520. The van der Waals surface area contributed by atoms with Crippen LogP contribution < -0.4 is 4.90 Å². The standard InChI is InChI=1S/C31H41NO6S2.H2O/c1-24(2)25(20-23-40(36,37)38)14-8-6-5-7-9-17-29-31(3,4)30-27-16-11-10-15-26(27)18-19-28(30)32(29)21-12-13-22-39(33,34)35;/h5-11,14-19,24-25H,12-13,20-23H2,1-4H3,(H,33,34,35)(H,36,37,38);1H2. The van der Waals surface area contributed by atoms with Crippen molar-refractivity contribution in [3.05, 3.63) is 90.2 Å². The Kier molecular flexibility index (Phi) is 12.1. The zero-order valence-corrected chi connectivity index (χ0v) is 25.8. The maximum absolute atomic E-state index is 11.2. The van der Waals surface area contributed by atoms with E-state index in [2.05, 4.69) is 49.1 Å². The fourth-order valence-electron chi connectivity index (χ4n) is 5.31. The first-order chi connectivity index (χ1) is 18.7. The highest BCUT2D eigenvalue weighted by molar-refractivity contribution is 7.86. The summed E-state index contributed by atoms with van der Waals surface area (Å²) in [6.45, 7) is 9.07. The first-order valence-electron chi connectivity index (χ1n) is 13.6. The highest BCUT2D eigenvalue weighted by Gasteiger charge is 2.40. The van der Waals surface area contributed by atoms with Crippen LogP contribution in [0.5, 0.6) is 0 Å². The lowest BCUT2D eigenvalue weighted by Crippen LogP contribution is -2.27. The summed E-state index contributed by atoms with van der Waals surface area (Å²) in [7, 11) is -7.96. The van der Waals surface area contributed by atoms with Gasteiger partial charge in [0.2, 0.25) is 0 Å². The van der Waals surface area contributed by atoms with Crippen molar-refractivity contribution in [3.8, 4) is 0 Å². The van der Waals surface area contributed by atoms with E-state index >= 15 is 0 Å². The van der Waals surface area contributed by atoms with Crippen LogP contribution in [-0.4, -0.2) is 49.5 Å². The van der Waals surface area contributed by atoms with Crippen molar-refractivity contribution < 1.29 is 31.4 Å². The molecule has 0 bridgehead atoms. The van der Waals surface area contributed by atoms with E-state index in [4.69, 9.17) is 9.11 Å². The fraction of sp³-hybridized carbons (Fsp3) is 0.419. The van der Waals surface area contributed by atoms with E-state index in [1.807, 2.05) is 62.4 Å². The largest absolute Gasteiger partial charge is 0.412 e. The minimum absolute atomic E-state index is 0. The molecule has 1 aliphatic heterocycles. The molecule has 1 unspecified atom stereocenters. The van der Waals surface area contributed by atoms with Gasteiger partial charge in [0.05, 0.1) is 11.5 Å². The van der Waals surface area contributed by atoms with Crippen molar-refractivity contribution in [1.29, 1.82) is 0 Å². The van der Waals surface area contributed by atoms with Gasteiger partial charge in [-0.15, -0.1) is 0 Å². The number of hydrogen-bond acceptors (Lipinski definition) is 5. The summed E-state index contributed by atoms with van der Waals surface area (Å²) in [5.41, 5.74) is 3.17. The monoisotopic (exact) mass is 605 g/mol. The molecule has 1 atom stereocenters. The number of hydrogen-bond donors (Lipinski definition) is 2. The molecule has 4 N–H and O–H groups in total. The van der Waals surface area contributed by atoms with Crippen molar-refractivity contribution in [3.63, 3.8) is 0 Å². The molecule has 1 heterocycles. The molecule has 2 aromatic rings. The van der Waals surface area contributed by atoms with E-state index in [-0.39, 0.29) is 34.2 Å². The van der Waals surface area contributed by atoms with Crippen LogP contribution in [0.15, 0.2) is 84.6 Å². The van der Waals surface area contributed by atoms with E-state index in [1.165, 1.54) is 16.3 Å². The van der Waals surface area contributed by atoms with Gasteiger partial charge in [-0.25, -0.2) is 0 Å². The number of anilines is 1. The highest BCUT2D eigenvalue weighted by atomic mass is 32.2. The smallest absolute Gasteiger partial charge is 0.264 e. The molecule has 0 spiro atoms. The first kappa shape index (κ1) is 34.4. The Morgan fingerprint density at radius 3 is 2.15 bits per heavy atom. The van der Waals surface area contributed by atoms with Crippen LogP contribution in [0.4, 0.5) is 5.69 Å². The lowest BCUT2D eigenvalue weighted by Gasteiger charge is -2.27. The van der Waals surface area contributed by atoms with Crippen molar-refractivity contribution in [2.75, 3.05) is 23.0 Å². The molecule has 0 saturated heterocycles. The Morgan fingerprint density at radius 1 is 0.854 bits per heavy atom. The number of fused-ring (bicyclic) bond motifs is 3. The molecule has 0 saturated carbocycles. The van der Waals surface area contributed by atoms with Gasteiger partial charge in [0.25, 0.3) is 20.2 Å². The number of allylic oxidation sites excluding steroid dienone is 8. The quantitative estimate of drug-likeness (QED) is 0.165. The van der Waals surface area contributed by atoms with Gasteiger partial charge in [0, 0.05) is 23.3 Å². The average molecular weight is 606 g/mol. The Hall–Kier alpha value is -2.76. The molecule has 10 heteroatoms. The molecule has 3 rings (SSSR count). The van der Waals surface area contributed by atoms with E-state index in [1.54, 1.807) is 0 Å². The molecule has 2 aromatic carbocycles. The van der Waals surface area contributed by atoms with Crippen molar-refractivity contribution in [2.45, 2.75) is 52.4 Å². The van der Waals surface area contributed by atoms with Gasteiger partial charge in [-0.05, 0) is 59.6 Å². The van der Waals surface area contributed by atoms with Crippen molar-refractivity contribution in [1.82, 2.24) is 0 Å². The van der Waals surface area contributed by atoms with Crippen LogP contribution in [0.3, 0.4) is 0 Å². The fourth-order valence-corrected chi connectivity index (χ4v) is 6.45. The normalized spacial score (nSPS) is 17.3. The Balaban J connectivity index is 0.00000588. The molecule has 0 aromatic heterocycles. The van der Waals surface area contributed by atoms with Crippen LogP contribution in [0, 0.1) is 11.8 Å². The summed E-state index contributed by atoms with van der Waals surface area (Å²) in [5, 5.41) is 2.36. The van der Waals surface area contributed by atoms with Gasteiger partial charge in [0.1, 0.15) is 0 Å². The van der Waals surface area contributed by atoms with Crippen LogP contribution in [0.1, 0.15) is 52.5 Å². The molecule has 226 valence electrons. The van der Waals surface area contributed by atoms with E-state index in [0.717, 1.165) is 11.4 Å². The van der Waals surface area contributed by atoms with Gasteiger partial charge in [-0.1, -0.05) is 94.5 Å². The van der Waals surface area contributed by atoms with Gasteiger partial charge >= 0.3 is 0 Å². The first-order valence-corrected chi connectivity index (χ1v) is 16.8. The molecule has 41 heavy (non-hydrogen) atoms. The van der Waals surface area contributed by atoms with Crippen LogP contribution >= 0.6 is 0 Å². The van der Waals surface area contributed by atoms with Crippen molar-refractivity contribution in [2.24, 2.45) is 11.8 Å². The van der Waals surface area contributed by atoms with Crippen LogP contribution in [0.25, 0.3) is 10.8 Å². The molecule has 0 radical (unpaired) electrons. The van der Waals surface area contributed by atoms with E-state index < -0.39 is 20.2 Å². The van der Waals surface area contributed by atoms with Crippen LogP contribution in [0.2, 0.25) is 0 Å². The lowest BCUT2D eigenvalue weighted by molar-refractivity contribution is 0.435. The second kappa shape index (κ2) is 14.4. The summed E-state index contributed by atoms with van der Waals surface area (Å²) >= 11 is 0. The molecule has 0 amide bonds. The molecule has 1 aliphatic rings. The van der Waals surface area contributed by atoms with E-state index in [9.17, 15) is 16.8 Å². The number of unbranched alkanes of at least 4 members (excludes halogenated alkanes) is 1. The summed E-state index contributed by atoms with van der Waals surface area (Å²) in [4.78, 5) is 2.25. The predicted molar refractivity (Wildman–Crippen MR) is 168 cm³/mol. The third kappa shape index (κ3) is 9.65. The number of nitrogens with zero attached hydrogens (tertiary/aromatic N) is 1. The molecular formula is C31H43NO7S2. The van der Waals surface area contributed by atoms with E-state index in [0.29, 0.717) is 25.8 Å². The molecule has 0 aliphatic carbocycles. The minimum atomic E-state index is -3.99. The number of rotatable bonds is 13. The van der Waals surface area contributed by atoms with Crippen LogP contribution in [-0.2, 0) is 25.7 Å². The third-order valence-electron chi connectivity index (χ3n) is 7.41. The highest BCUT2D eigenvalue weighted by Crippen LogP contribution is 2.50. The zero-order chi connectivity index (χ0) is 29.6. The second-order valence-electron chi connectivity index (χ2n) is 11.1.